The highest BCUT2D eigenvalue weighted by atomic mass is 127. The molecule has 3 rings (SSSR count). The molecule has 1 fully saturated rings. The Balaban J connectivity index is 1.72. The third kappa shape index (κ3) is 3.44. The lowest BCUT2D eigenvalue weighted by atomic mass is 9.89. The van der Waals surface area contributed by atoms with Gasteiger partial charge >= 0.3 is 0 Å². The topological polar surface area (TPSA) is 3.24 Å². The molecular formula is C17H15BrClFIN. The number of hydrogen-bond acceptors (Lipinski definition) is 1. The third-order valence-corrected chi connectivity index (χ3v) is 6.31. The van der Waals surface area contributed by atoms with Crippen molar-refractivity contribution in [3.8, 4) is 0 Å². The predicted octanol–water partition coefficient (Wildman–Crippen LogP) is 6.23. The molecule has 0 spiro atoms. The van der Waals surface area contributed by atoms with E-state index in [4.69, 9.17) is 11.6 Å². The molecule has 0 aromatic heterocycles. The molecule has 1 saturated heterocycles. The van der Waals surface area contributed by atoms with Gasteiger partial charge in [0.2, 0.25) is 0 Å². The summed E-state index contributed by atoms with van der Waals surface area (Å²) in [6.07, 6.45) is 2.06. The highest BCUT2D eigenvalue weighted by molar-refractivity contribution is 14.1. The fourth-order valence-corrected chi connectivity index (χ4v) is 3.79. The first kappa shape index (κ1) is 16.5. The van der Waals surface area contributed by atoms with Crippen LogP contribution in [-0.4, -0.2) is 13.1 Å². The Bertz CT molecular complexity index is 669. The van der Waals surface area contributed by atoms with Crippen LogP contribution in [0.15, 0.2) is 40.9 Å². The minimum atomic E-state index is -0.296. The Morgan fingerprint density at radius 1 is 1.09 bits per heavy atom. The van der Waals surface area contributed by atoms with Gasteiger partial charge in [-0.2, -0.15) is 0 Å². The van der Waals surface area contributed by atoms with Gasteiger partial charge in [-0.3, -0.25) is 0 Å². The van der Waals surface area contributed by atoms with Crippen LogP contribution < -0.4 is 4.90 Å². The number of benzene rings is 2. The monoisotopic (exact) mass is 493 g/mol. The van der Waals surface area contributed by atoms with E-state index >= 15 is 0 Å². The maximum atomic E-state index is 14.3. The Hall–Kier alpha value is -0.330. The number of hydrogen-bond donors (Lipinski definition) is 0. The van der Waals surface area contributed by atoms with Crippen LogP contribution in [0, 0.1) is 9.39 Å². The second-order valence-electron chi connectivity index (χ2n) is 5.51. The van der Waals surface area contributed by atoms with E-state index in [9.17, 15) is 4.39 Å². The molecule has 2 aromatic rings. The molecule has 1 aliphatic heterocycles. The molecule has 1 nitrogen and oxygen atoms in total. The number of anilines is 1. The Labute approximate surface area is 157 Å². The molecule has 0 saturated carbocycles. The minimum absolute atomic E-state index is 0.230. The summed E-state index contributed by atoms with van der Waals surface area (Å²) in [5, 5.41) is 0.230. The van der Waals surface area contributed by atoms with Crippen LogP contribution in [0.25, 0.3) is 0 Å². The van der Waals surface area contributed by atoms with Gasteiger partial charge in [0.15, 0.2) is 5.82 Å². The van der Waals surface area contributed by atoms with E-state index in [0.29, 0.717) is 11.6 Å². The van der Waals surface area contributed by atoms with E-state index in [1.165, 1.54) is 5.56 Å². The molecule has 2 aromatic carbocycles. The van der Waals surface area contributed by atoms with E-state index in [1.54, 1.807) is 0 Å². The highest BCUT2D eigenvalue weighted by Crippen LogP contribution is 2.35. The summed E-state index contributed by atoms with van der Waals surface area (Å²) >= 11 is 11.6. The molecule has 116 valence electrons. The Morgan fingerprint density at radius 3 is 2.36 bits per heavy atom. The zero-order valence-electron chi connectivity index (χ0n) is 11.8. The molecule has 0 bridgehead atoms. The zero-order chi connectivity index (χ0) is 15.7. The Morgan fingerprint density at radius 2 is 1.73 bits per heavy atom. The largest absolute Gasteiger partial charge is 0.369 e. The number of piperidine rings is 1. The second-order valence-corrected chi connectivity index (χ2v) is 7.96. The molecule has 0 atom stereocenters. The fourth-order valence-electron chi connectivity index (χ4n) is 2.95. The smallest absolute Gasteiger partial charge is 0.166 e. The first-order valence-electron chi connectivity index (χ1n) is 7.20. The van der Waals surface area contributed by atoms with Gasteiger partial charge in [-0.05, 0) is 71.2 Å². The van der Waals surface area contributed by atoms with Gasteiger partial charge in [-0.1, -0.05) is 39.7 Å². The third-order valence-electron chi connectivity index (χ3n) is 4.19. The van der Waals surface area contributed by atoms with E-state index in [2.05, 4.69) is 67.7 Å². The number of halogens is 4. The lowest BCUT2D eigenvalue weighted by Crippen LogP contribution is -2.33. The Kier molecular flexibility index (Phi) is 5.30. The van der Waals surface area contributed by atoms with E-state index in [1.807, 2.05) is 12.1 Å². The van der Waals surface area contributed by atoms with Crippen molar-refractivity contribution in [2.75, 3.05) is 18.0 Å². The van der Waals surface area contributed by atoms with Crippen molar-refractivity contribution in [3.05, 3.63) is 60.8 Å². The quantitative estimate of drug-likeness (QED) is 0.353. The van der Waals surface area contributed by atoms with Crippen molar-refractivity contribution in [1.29, 1.82) is 0 Å². The lowest BCUT2D eigenvalue weighted by molar-refractivity contribution is 0.497. The predicted molar refractivity (Wildman–Crippen MR) is 102 cm³/mol. The van der Waals surface area contributed by atoms with E-state index < -0.39 is 0 Å². The molecular weight excluding hydrogens is 479 g/mol. The molecule has 22 heavy (non-hydrogen) atoms. The van der Waals surface area contributed by atoms with Gasteiger partial charge in [-0.15, -0.1) is 0 Å². The van der Waals surface area contributed by atoms with Gasteiger partial charge in [0.1, 0.15) is 0 Å². The lowest BCUT2D eigenvalue weighted by Gasteiger charge is -2.34. The second kappa shape index (κ2) is 7.05. The van der Waals surface area contributed by atoms with Gasteiger partial charge in [0.05, 0.1) is 10.7 Å². The summed E-state index contributed by atoms with van der Waals surface area (Å²) < 4.78 is 16.2. The molecule has 5 heteroatoms. The first-order chi connectivity index (χ1) is 10.6. The van der Waals surface area contributed by atoms with Gasteiger partial charge in [0.25, 0.3) is 0 Å². The fraction of sp³-hybridized carbons (Fsp3) is 0.294. The summed E-state index contributed by atoms with van der Waals surface area (Å²) in [5.41, 5.74) is 1.99. The van der Waals surface area contributed by atoms with Crippen LogP contribution in [0.1, 0.15) is 24.3 Å². The van der Waals surface area contributed by atoms with Gasteiger partial charge in [-0.25, -0.2) is 4.39 Å². The standard InChI is InChI=1S/C17H15BrClFIN/c18-13-3-1-11(2-4-13)12-7-9-22(10-8-12)15-6-5-14(21)16(19)17(15)20/h1-6,12H,7-10H2. The van der Waals surface area contributed by atoms with Crippen LogP contribution in [-0.2, 0) is 0 Å². The normalized spacial score (nSPS) is 16.1. The molecule has 1 heterocycles. The van der Waals surface area contributed by atoms with Crippen LogP contribution in [0.5, 0.6) is 0 Å². The van der Waals surface area contributed by atoms with Crippen LogP contribution in [0.2, 0.25) is 5.02 Å². The average molecular weight is 495 g/mol. The van der Waals surface area contributed by atoms with Gasteiger partial charge in [0, 0.05) is 21.1 Å². The van der Waals surface area contributed by atoms with Gasteiger partial charge < -0.3 is 4.90 Å². The van der Waals surface area contributed by atoms with Crippen molar-refractivity contribution in [3.63, 3.8) is 0 Å². The minimum Gasteiger partial charge on any atom is -0.369 e. The molecule has 0 unspecified atom stereocenters. The molecule has 0 radical (unpaired) electrons. The molecule has 0 amide bonds. The summed E-state index contributed by atoms with van der Waals surface area (Å²) in [6.45, 7) is 1.71. The van der Waals surface area contributed by atoms with Crippen LogP contribution in [0.3, 0.4) is 0 Å². The number of rotatable bonds is 2. The van der Waals surface area contributed by atoms with Crippen molar-refractivity contribution in [1.82, 2.24) is 0 Å². The van der Waals surface area contributed by atoms with Crippen molar-refractivity contribution in [2.45, 2.75) is 18.8 Å². The maximum absolute atomic E-state index is 14.3. The van der Waals surface area contributed by atoms with Crippen molar-refractivity contribution in [2.24, 2.45) is 0 Å². The van der Waals surface area contributed by atoms with E-state index in [0.717, 1.165) is 34.0 Å². The molecule has 1 aliphatic rings. The van der Waals surface area contributed by atoms with Crippen molar-refractivity contribution >= 4 is 55.8 Å². The summed E-state index contributed by atoms with van der Waals surface area (Å²) in [7, 11) is 0. The maximum Gasteiger partial charge on any atom is 0.166 e. The number of nitrogens with zero attached hydrogens (tertiary/aromatic N) is 1. The highest BCUT2D eigenvalue weighted by Gasteiger charge is 2.23. The SMILES string of the molecule is Fc1c(N2CCC(c3ccc(Br)cc3)CC2)ccc(I)c1Cl. The van der Waals surface area contributed by atoms with Crippen LogP contribution in [0.4, 0.5) is 10.1 Å². The van der Waals surface area contributed by atoms with E-state index in [-0.39, 0.29) is 10.8 Å². The summed E-state index contributed by atoms with van der Waals surface area (Å²) in [5.74, 6) is 0.252. The zero-order valence-corrected chi connectivity index (χ0v) is 16.3. The molecule has 0 N–H and O–H groups in total. The van der Waals surface area contributed by atoms with Crippen molar-refractivity contribution < 1.29 is 4.39 Å². The van der Waals surface area contributed by atoms with Crippen LogP contribution >= 0.6 is 50.1 Å². The summed E-state index contributed by atoms with van der Waals surface area (Å²) in [6, 6.07) is 12.2. The molecule has 0 aliphatic carbocycles. The summed E-state index contributed by atoms with van der Waals surface area (Å²) in [4.78, 5) is 2.10. The first-order valence-corrected chi connectivity index (χ1v) is 9.45. The average Bonchev–Trinajstić information content (AvgIpc) is 2.54.